The maximum Gasteiger partial charge on any atom is 0.326 e. The summed E-state index contributed by atoms with van der Waals surface area (Å²) in [5.41, 5.74) is 10.7. The van der Waals surface area contributed by atoms with Gasteiger partial charge in [-0.15, -0.1) is 0 Å². The fourth-order valence-electron chi connectivity index (χ4n) is 4.76. The third-order valence-corrected chi connectivity index (χ3v) is 7.05. The van der Waals surface area contributed by atoms with Crippen LogP contribution in [0.5, 0.6) is 0 Å². The van der Waals surface area contributed by atoms with Crippen molar-refractivity contribution in [3.63, 3.8) is 0 Å². The lowest BCUT2D eigenvalue weighted by Gasteiger charge is -2.27. The van der Waals surface area contributed by atoms with Crippen LogP contribution in [0.15, 0.2) is 4.99 Å². The Hall–Kier alpha value is -2.12. The van der Waals surface area contributed by atoms with Gasteiger partial charge in [-0.2, -0.15) is 0 Å². The highest BCUT2D eigenvalue weighted by Gasteiger charge is 2.33. The van der Waals surface area contributed by atoms with Gasteiger partial charge in [0.2, 0.25) is 11.8 Å². The summed E-state index contributed by atoms with van der Waals surface area (Å²) in [7, 11) is 0. The van der Waals surface area contributed by atoms with E-state index in [1.165, 1.54) is 64.2 Å². The summed E-state index contributed by atoms with van der Waals surface area (Å²) < 4.78 is 0. The normalized spacial score (nSPS) is 11.7. The number of nitrogens with zero attached hydrogens (tertiary/aromatic N) is 2. The van der Waals surface area contributed by atoms with E-state index in [1.54, 1.807) is 0 Å². The van der Waals surface area contributed by atoms with E-state index in [0.29, 0.717) is 19.3 Å². The van der Waals surface area contributed by atoms with Gasteiger partial charge in [-0.1, -0.05) is 117 Å². The smallest absolute Gasteiger partial charge is 0.326 e. The maximum absolute atomic E-state index is 13.1. The minimum Gasteiger partial charge on any atom is -0.480 e. The minimum absolute atomic E-state index is 0.0587. The van der Waals surface area contributed by atoms with Crippen molar-refractivity contribution in [3.05, 3.63) is 0 Å². The van der Waals surface area contributed by atoms with Gasteiger partial charge in [0, 0.05) is 19.4 Å². The Morgan fingerprint density at radius 3 is 1.34 bits per heavy atom. The van der Waals surface area contributed by atoms with Crippen molar-refractivity contribution in [2.75, 3.05) is 6.54 Å². The van der Waals surface area contributed by atoms with Crippen LogP contribution in [-0.4, -0.2) is 46.3 Å². The van der Waals surface area contributed by atoms with E-state index in [0.717, 1.165) is 43.4 Å². The summed E-state index contributed by atoms with van der Waals surface area (Å²) in [5.74, 6) is -1.96. The number of hydrogen-bond donors (Lipinski definition) is 3. The average Bonchev–Trinajstić information content (AvgIpc) is 2.88. The number of carbonyl (C=O) groups is 3. The SMILES string of the molecule is CCCCCCCCCCCC(=O)N(C(=O)CCCCCCCCCCC)C(CCCN=C(N)N)C(=O)O. The number of unbranched alkanes of at least 4 members (excludes halogenated alkanes) is 16. The molecule has 0 aromatic heterocycles. The summed E-state index contributed by atoms with van der Waals surface area (Å²) in [6.45, 7) is 4.68. The molecule has 8 nitrogen and oxygen atoms in total. The van der Waals surface area contributed by atoms with Crippen molar-refractivity contribution in [2.24, 2.45) is 16.5 Å². The van der Waals surface area contributed by atoms with Gasteiger partial charge >= 0.3 is 5.97 Å². The van der Waals surface area contributed by atoms with Crippen LogP contribution in [0, 0.1) is 0 Å². The maximum atomic E-state index is 13.1. The lowest BCUT2D eigenvalue weighted by atomic mass is 10.0. The van der Waals surface area contributed by atoms with Gasteiger partial charge in [0.15, 0.2) is 5.96 Å². The van der Waals surface area contributed by atoms with E-state index in [2.05, 4.69) is 18.8 Å². The number of aliphatic carboxylic acids is 1. The van der Waals surface area contributed by atoms with E-state index in [1.807, 2.05) is 0 Å². The number of amides is 2. The summed E-state index contributed by atoms with van der Waals surface area (Å²) in [4.78, 5) is 43.3. The van der Waals surface area contributed by atoms with Crippen LogP contribution in [0.4, 0.5) is 0 Å². The van der Waals surface area contributed by atoms with Crippen molar-refractivity contribution < 1.29 is 19.5 Å². The topological polar surface area (TPSA) is 139 Å². The van der Waals surface area contributed by atoms with E-state index in [-0.39, 0.29) is 43.6 Å². The minimum atomic E-state index is -1.18. The molecule has 0 aliphatic heterocycles. The summed E-state index contributed by atoms with van der Waals surface area (Å²) in [6.07, 6.45) is 21.1. The van der Waals surface area contributed by atoms with Crippen molar-refractivity contribution in [3.8, 4) is 0 Å². The Bertz CT molecular complexity index is 616. The second-order valence-electron chi connectivity index (χ2n) is 10.6. The number of carboxylic acid groups (broad SMARTS) is 1. The number of guanidine groups is 1. The first-order valence-electron chi connectivity index (χ1n) is 15.5. The Balaban J connectivity index is 4.78. The van der Waals surface area contributed by atoms with E-state index in [9.17, 15) is 19.5 Å². The van der Waals surface area contributed by atoms with Crippen LogP contribution in [0.3, 0.4) is 0 Å². The van der Waals surface area contributed by atoms with Crippen molar-refractivity contribution in [1.29, 1.82) is 0 Å². The highest BCUT2D eigenvalue weighted by molar-refractivity contribution is 5.99. The zero-order valence-electron chi connectivity index (χ0n) is 24.6. The number of carbonyl (C=O) groups excluding carboxylic acids is 2. The lowest BCUT2D eigenvalue weighted by molar-refractivity contribution is -0.158. The molecule has 5 N–H and O–H groups in total. The first kappa shape index (κ1) is 35.9. The molecule has 0 aliphatic carbocycles. The molecule has 0 aromatic carbocycles. The van der Waals surface area contributed by atoms with Crippen LogP contribution in [0.1, 0.15) is 155 Å². The van der Waals surface area contributed by atoms with E-state index in [4.69, 9.17) is 11.5 Å². The number of hydrogen-bond acceptors (Lipinski definition) is 4. The standard InChI is InChI=1S/C30H58N4O4/c1-3-5-7-9-11-13-15-17-19-23-27(35)34(26(29(37)38)22-21-25-33-30(31)32)28(36)24-20-18-16-14-12-10-8-6-4-2/h26H,3-25H2,1-2H3,(H,37,38)(H4,31,32,33). The number of rotatable bonds is 26. The summed E-state index contributed by atoms with van der Waals surface area (Å²) in [6, 6.07) is -1.18. The first-order valence-corrected chi connectivity index (χ1v) is 15.5. The van der Waals surface area contributed by atoms with E-state index < -0.39 is 12.0 Å². The molecule has 38 heavy (non-hydrogen) atoms. The molecule has 1 atom stereocenters. The molecule has 0 bridgehead atoms. The predicted molar refractivity (Wildman–Crippen MR) is 157 cm³/mol. The van der Waals surface area contributed by atoms with Gasteiger partial charge in [-0.3, -0.25) is 19.5 Å². The largest absolute Gasteiger partial charge is 0.480 e. The number of imide groups is 1. The highest BCUT2D eigenvalue weighted by atomic mass is 16.4. The monoisotopic (exact) mass is 538 g/mol. The van der Waals surface area contributed by atoms with Gasteiger partial charge in [-0.05, 0) is 25.7 Å². The average molecular weight is 539 g/mol. The van der Waals surface area contributed by atoms with Gasteiger partial charge in [0.25, 0.3) is 0 Å². The molecule has 0 fully saturated rings. The molecule has 0 saturated carbocycles. The van der Waals surface area contributed by atoms with E-state index >= 15 is 0 Å². The van der Waals surface area contributed by atoms with Gasteiger partial charge < -0.3 is 16.6 Å². The zero-order chi connectivity index (χ0) is 28.4. The Kier molecular flexibility index (Phi) is 23.8. The van der Waals surface area contributed by atoms with Crippen molar-refractivity contribution in [1.82, 2.24) is 4.90 Å². The van der Waals surface area contributed by atoms with Crippen LogP contribution in [0.25, 0.3) is 0 Å². The number of aliphatic imine (C=N–C) groups is 1. The molecule has 0 saturated heterocycles. The molecule has 2 amide bonds. The fraction of sp³-hybridized carbons (Fsp3) is 0.867. The Morgan fingerprint density at radius 2 is 1.00 bits per heavy atom. The molecule has 0 spiro atoms. The molecule has 222 valence electrons. The summed E-state index contributed by atoms with van der Waals surface area (Å²) in [5, 5.41) is 9.88. The molecule has 0 radical (unpaired) electrons. The second-order valence-corrected chi connectivity index (χ2v) is 10.6. The molecule has 0 aliphatic rings. The number of nitrogens with two attached hydrogens (primary N) is 2. The van der Waals surface area contributed by atoms with Crippen LogP contribution < -0.4 is 11.5 Å². The molecular formula is C30H58N4O4. The third kappa shape index (κ3) is 19.9. The van der Waals surface area contributed by atoms with Crippen molar-refractivity contribution in [2.45, 2.75) is 161 Å². The Labute approximate surface area is 232 Å². The second kappa shape index (κ2) is 25.2. The van der Waals surface area contributed by atoms with Crippen LogP contribution in [0.2, 0.25) is 0 Å². The molecule has 1 unspecified atom stereocenters. The quantitative estimate of drug-likeness (QED) is 0.0637. The van der Waals surface area contributed by atoms with Gasteiger partial charge in [-0.25, -0.2) is 4.79 Å². The van der Waals surface area contributed by atoms with Crippen LogP contribution >= 0.6 is 0 Å². The highest BCUT2D eigenvalue weighted by Crippen LogP contribution is 2.18. The molecule has 0 rings (SSSR count). The summed E-state index contributed by atoms with van der Waals surface area (Å²) >= 11 is 0. The molecule has 0 aromatic rings. The first-order chi connectivity index (χ1) is 18.3. The van der Waals surface area contributed by atoms with Crippen LogP contribution in [-0.2, 0) is 14.4 Å². The number of carboxylic acids is 1. The van der Waals surface area contributed by atoms with Gasteiger partial charge in [0.1, 0.15) is 6.04 Å². The lowest BCUT2D eigenvalue weighted by Crippen LogP contribution is -2.48. The third-order valence-electron chi connectivity index (χ3n) is 7.05. The van der Waals surface area contributed by atoms with Crippen molar-refractivity contribution >= 4 is 23.7 Å². The van der Waals surface area contributed by atoms with Gasteiger partial charge in [0.05, 0.1) is 0 Å². The molecule has 0 heterocycles. The zero-order valence-corrected chi connectivity index (χ0v) is 24.6. The molecule has 8 heteroatoms. The fourth-order valence-corrected chi connectivity index (χ4v) is 4.76. The predicted octanol–water partition coefficient (Wildman–Crippen LogP) is 6.69. The Morgan fingerprint density at radius 1 is 0.632 bits per heavy atom. The molecular weight excluding hydrogens is 480 g/mol.